The van der Waals surface area contributed by atoms with E-state index in [0.29, 0.717) is 0 Å². The zero-order chi connectivity index (χ0) is 13.9. The topological polar surface area (TPSA) is 21.3 Å². The third-order valence-electron chi connectivity index (χ3n) is 4.01. The summed E-state index contributed by atoms with van der Waals surface area (Å²) in [7, 11) is 0. The molecule has 19 heavy (non-hydrogen) atoms. The number of ether oxygens (including phenoxy) is 1. The van der Waals surface area contributed by atoms with Crippen molar-refractivity contribution >= 4 is 0 Å². The van der Waals surface area contributed by atoms with Gasteiger partial charge in [-0.15, -0.1) is 0 Å². The second-order valence-electron chi connectivity index (χ2n) is 5.65. The van der Waals surface area contributed by atoms with E-state index in [9.17, 15) is 4.39 Å². The second kappa shape index (κ2) is 5.91. The van der Waals surface area contributed by atoms with Gasteiger partial charge in [-0.2, -0.15) is 0 Å². The average molecular weight is 265 g/mol. The van der Waals surface area contributed by atoms with E-state index in [1.165, 1.54) is 6.07 Å². The van der Waals surface area contributed by atoms with Crippen LogP contribution in [0.25, 0.3) is 0 Å². The van der Waals surface area contributed by atoms with E-state index in [4.69, 9.17) is 4.74 Å². The first-order valence-electron chi connectivity index (χ1n) is 7.30. The van der Waals surface area contributed by atoms with Gasteiger partial charge in [-0.3, -0.25) is 0 Å². The molecule has 3 heteroatoms. The number of hydrogen-bond acceptors (Lipinski definition) is 2. The van der Waals surface area contributed by atoms with Crippen molar-refractivity contribution in [3.05, 3.63) is 29.6 Å². The van der Waals surface area contributed by atoms with E-state index in [0.717, 1.165) is 43.5 Å². The lowest BCUT2D eigenvalue weighted by Crippen LogP contribution is -2.41. The summed E-state index contributed by atoms with van der Waals surface area (Å²) in [4.78, 5) is 0. The van der Waals surface area contributed by atoms with Crippen LogP contribution in [0.5, 0.6) is 5.75 Å². The van der Waals surface area contributed by atoms with E-state index >= 15 is 0 Å². The van der Waals surface area contributed by atoms with Crippen molar-refractivity contribution in [3.8, 4) is 5.75 Å². The van der Waals surface area contributed by atoms with E-state index in [1.807, 2.05) is 0 Å². The summed E-state index contributed by atoms with van der Waals surface area (Å²) in [5.41, 5.74) is 0.802. The van der Waals surface area contributed by atoms with Gasteiger partial charge in [0.15, 0.2) is 0 Å². The third kappa shape index (κ3) is 3.27. The van der Waals surface area contributed by atoms with Crippen molar-refractivity contribution in [2.75, 3.05) is 6.54 Å². The van der Waals surface area contributed by atoms with Crippen LogP contribution in [0.3, 0.4) is 0 Å². The fourth-order valence-electron chi connectivity index (χ4n) is 2.59. The van der Waals surface area contributed by atoms with Gasteiger partial charge < -0.3 is 10.1 Å². The highest BCUT2D eigenvalue weighted by Gasteiger charge is 2.35. The zero-order valence-electron chi connectivity index (χ0n) is 12.1. The standard InChI is InChI=1S/C16H24FNO/c1-4-6-9-18-14-11-16(3,5-2)19-15-8-7-12(17)10-13(14)15/h7-8,10,14,18H,4-6,9,11H2,1-3H3. The molecule has 1 aliphatic heterocycles. The largest absolute Gasteiger partial charge is 0.487 e. The lowest BCUT2D eigenvalue weighted by atomic mass is 9.86. The molecule has 0 amide bonds. The maximum absolute atomic E-state index is 13.4. The van der Waals surface area contributed by atoms with Crippen LogP contribution in [0.15, 0.2) is 18.2 Å². The summed E-state index contributed by atoms with van der Waals surface area (Å²) in [6.45, 7) is 7.41. The SMILES string of the molecule is CCCCNC1CC(C)(CC)Oc2ccc(F)cc21. The molecule has 2 nitrogen and oxygen atoms in total. The molecule has 2 rings (SSSR count). The maximum Gasteiger partial charge on any atom is 0.125 e. The Morgan fingerprint density at radius 2 is 2.21 bits per heavy atom. The predicted octanol–water partition coefficient (Wildman–Crippen LogP) is 4.21. The molecule has 0 saturated carbocycles. The van der Waals surface area contributed by atoms with Crippen LogP contribution >= 0.6 is 0 Å². The molecular formula is C16H24FNO. The molecule has 0 fully saturated rings. The minimum atomic E-state index is -0.190. The second-order valence-corrected chi connectivity index (χ2v) is 5.65. The fourth-order valence-corrected chi connectivity index (χ4v) is 2.59. The lowest BCUT2D eigenvalue weighted by molar-refractivity contribution is 0.0440. The molecule has 2 unspecified atom stereocenters. The zero-order valence-corrected chi connectivity index (χ0v) is 12.1. The van der Waals surface area contributed by atoms with Gasteiger partial charge in [0.2, 0.25) is 0 Å². The Morgan fingerprint density at radius 1 is 1.42 bits per heavy atom. The van der Waals surface area contributed by atoms with Crippen LogP contribution < -0.4 is 10.1 Å². The van der Waals surface area contributed by atoms with Crippen LogP contribution in [0, 0.1) is 5.82 Å². The molecule has 1 N–H and O–H groups in total. The summed E-state index contributed by atoms with van der Waals surface area (Å²) in [6.07, 6.45) is 4.15. The number of fused-ring (bicyclic) bond motifs is 1. The average Bonchev–Trinajstić information content (AvgIpc) is 2.40. The van der Waals surface area contributed by atoms with Crippen molar-refractivity contribution in [1.82, 2.24) is 5.32 Å². The summed E-state index contributed by atoms with van der Waals surface area (Å²) >= 11 is 0. The van der Waals surface area contributed by atoms with Gasteiger partial charge in [-0.05, 0) is 44.5 Å². The smallest absolute Gasteiger partial charge is 0.125 e. The molecule has 1 aromatic rings. The highest BCUT2D eigenvalue weighted by Crippen LogP contribution is 2.41. The molecule has 1 heterocycles. The molecule has 0 radical (unpaired) electrons. The van der Waals surface area contributed by atoms with Crippen molar-refractivity contribution < 1.29 is 9.13 Å². The van der Waals surface area contributed by atoms with Crippen molar-refractivity contribution in [2.24, 2.45) is 0 Å². The summed E-state index contributed by atoms with van der Waals surface area (Å²) in [6, 6.07) is 5.03. The first-order chi connectivity index (χ1) is 9.08. The van der Waals surface area contributed by atoms with Crippen LogP contribution in [0.2, 0.25) is 0 Å². The number of halogens is 1. The van der Waals surface area contributed by atoms with E-state index in [-0.39, 0.29) is 17.5 Å². The van der Waals surface area contributed by atoms with E-state index in [2.05, 4.69) is 26.1 Å². The number of nitrogens with one attached hydrogen (secondary N) is 1. The first-order valence-corrected chi connectivity index (χ1v) is 7.30. The first kappa shape index (κ1) is 14.3. The Balaban J connectivity index is 2.23. The summed E-state index contributed by atoms with van der Waals surface area (Å²) < 4.78 is 19.5. The monoisotopic (exact) mass is 265 g/mol. The minimum Gasteiger partial charge on any atom is -0.487 e. The molecule has 106 valence electrons. The third-order valence-corrected chi connectivity index (χ3v) is 4.01. The number of unbranched alkanes of at least 4 members (excludes halogenated alkanes) is 1. The van der Waals surface area contributed by atoms with Crippen molar-refractivity contribution in [2.45, 2.75) is 58.1 Å². The van der Waals surface area contributed by atoms with Gasteiger partial charge >= 0.3 is 0 Å². The molecule has 1 aliphatic rings. The van der Waals surface area contributed by atoms with E-state index < -0.39 is 0 Å². The van der Waals surface area contributed by atoms with Gasteiger partial charge in [-0.1, -0.05) is 20.3 Å². The highest BCUT2D eigenvalue weighted by atomic mass is 19.1. The Bertz CT molecular complexity index is 435. The number of rotatable bonds is 5. The van der Waals surface area contributed by atoms with Crippen LogP contribution in [-0.2, 0) is 0 Å². The fraction of sp³-hybridized carbons (Fsp3) is 0.625. The highest BCUT2D eigenvalue weighted by molar-refractivity contribution is 5.39. The molecule has 0 spiro atoms. The Hall–Kier alpha value is -1.09. The van der Waals surface area contributed by atoms with Gasteiger partial charge in [0.05, 0.1) is 0 Å². The van der Waals surface area contributed by atoms with Crippen molar-refractivity contribution in [3.63, 3.8) is 0 Å². The van der Waals surface area contributed by atoms with Crippen LogP contribution in [0.1, 0.15) is 58.1 Å². The van der Waals surface area contributed by atoms with E-state index in [1.54, 1.807) is 12.1 Å². The lowest BCUT2D eigenvalue weighted by Gasteiger charge is -2.40. The van der Waals surface area contributed by atoms with Gasteiger partial charge in [0.1, 0.15) is 17.2 Å². The quantitative estimate of drug-likeness (QED) is 0.805. The molecular weight excluding hydrogens is 241 g/mol. The molecule has 0 aliphatic carbocycles. The Morgan fingerprint density at radius 3 is 2.89 bits per heavy atom. The van der Waals surface area contributed by atoms with Gasteiger partial charge in [0, 0.05) is 18.0 Å². The Labute approximate surface area is 115 Å². The van der Waals surface area contributed by atoms with Gasteiger partial charge in [-0.25, -0.2) is 4.39 Å². The normalized spacial score (nSPS) is 25.8. The van der Waals surface area contributed by atoms with Gasteiger partial charge in [0.25, 0.3) is 0 Å². The minimum absolute atomic E-state index is 0.158. The molecule has 0 bridgehead atoms. The Kier molecular flexibility index (Phi) is 4.46. The molecule has 0 saturated heterocycles. The molecule has 0 aromatic heterocycles. The number of hydrogen-bond donors (Lipinski definition) is 1. The predicted molar refractivity (Wildman–Crippen MR) is 76.0 cm³/mol. The van der Waals surface area contributed by atoms with Crippen LogP contribution in [0.4, 0.5) is 4.39 Å². The number of benzene rings is 1. The van der Waals surface area contributed by atoms with Crippen LogP contribution in [-0.4, -0.2) is 12.1 Å². The summed E-state index contributed by atoms with van der Waals surface area (Å²) in [5.74, 6) is 0.635. The van der Waals surface area contributed by atoms with Crippen molar-refractivity contribution in [1.29, 1.82) is 0 Å². The molecule has 2 atom stereocenters. The summed E-state index contributed by atoms with van der Waals surface area (Å²) in [5, 5.41) is 3.55. The molecule has 1 aromatic carbocycles. The maximum atomic E-state index is 13.4.